The Balaban J connectivity index is 2.06. The SMILES string of the molecule is CCOC(=O)c1ccc([C@H](C)Nc2cccc(Br)c2)cc1. The van der Waals surface area contributed by atoms with Gasteiger partial charge in [-0.2, -0.15) is 0 Å². The molecular weight excluding hydrogens is 330 g/mol. The Morgan fingerprint density at radius 1 is 1.24 bits per heavy atom. The second kappa shape index (κ2) is 7.27. The van der Waals surface area contributed by atoms with Crippen LogP contribution in [0.25, 0.3) is 0 Å². The van der Waals surface area contributed by atoms with Gasteiger partial charge >= 0.3 is 5.97 Å². The van der Waals surface area contributed by atoms with Gasteiger partial charge < -0.3 is 10.1 Å². The molecule has 0 aromatic heterocycles. The van der Waals surface area contributed by atoms with Gasteiger partial charge in [0, 0.05) is 16.2 Å². The zero-order chi connectivity index (χ0) is 15.2. The molecule has 2 aromatic rings. The second-order valence-corrected chi connectivity index (χ2v) is 5.63. The number of halogens is 1. The summed E-state index contributed by atoms with van der Waals surface area (Å²) in [5.74, 6) is -0.281. The topological polar surface area (TPSA) is 38.3 Å². The Morgan fingerprint density at radius 2 is 1.95 bits per heavy atom. The van der Waals surface area contributed by atoms with E-state index in [4.69, 9.17) is 4.74 Å². The van der Waals surface area contributed by atoms with E-state index < -0.39 is 0 Å². The summed E-state index contributed by atoms with van der Waals surface area (Å²) in [6.45, 7) is 4.28. The molecule has 0 aliphatic rings. The highest BCUT2D eigenvalue weighted by Gasteiger charge is 2.09. The molecule has 3 nitrogen and oxygen atoms in total. The van der Waals surface area contributed by atoms with E-state index in [2.05, 4.69) is 28.2 Å². The largest absolute Gasteiger partial charge is 0.462 e. The zero-order valence-electron chi connectivity index (χ0n) is 12.1. The lowest BCUT2D eigenvalue weighted by molar-refractivity contribution is 0.0526. The van der Waals surface area contributed by atoms with E-state index in [9.17, 15) is 4.79 Å². The van der Waals surface area contributed by atoms with Crippen molar-refractivity contribution in [1.29, 1.82) is 0 Å². The zero-order valence-corrected chi connectivity index (χ0v) is 13.7. The third-order valence-electron chi connectivity index (χ3n) is 3.13. The van der Waals surface area contributed by atoms with E-state index in [-0.39, 0.29) is 12.0 Å². The Hall–Kier alpha value is -1.81. The number of esters is 1. The van der Waals surface area contributed by atoms with Crippen molar-refractivity contribution in [3.05, 3.63) is 64.1 Å². The maximum Gasteiger partial charge on any atom is 0.338 e. The van der Waals surface area contributed by atoms with E-state index in [0.29, 0.717) is 12.2 Å². The minimum absolute atomic E-state index is 0.149. The second-order valence-electron chi connectivity index (χ2n) is 4.72. The van der Waals surface area contributed by atoms with E-state index >= 15 is 0 Å². The Morgan fingerprint density at radius 3 is 2.57 bits per heavy atom. The summed E-state index contributed by atoms with van der Waals surface area (Å²) in [5, 5.41) is 3.43. The predicted octanol–water partition coefficient (Wildman–Crippen LogP) is 4.80. The molecule has 0 saturated heterocycles. The molecule has 110 valence electrons. The number of benzene rings is 2. The van der Waals surface area contributed by atoms with Gasteiger partial charge in [0.15, 0.2) is 0 Å². The van der Waals surface area contributed by atoms with E-state index in [1.807, 2.05) is 36.4 Å². The molecule has 0 spiro atoms. The van der Waals surface area contributed by atoms with Gasteiger partial charge in [0.25, 0.3) is 0 Å². The van der Waals surface area contributed by atoms with E-state index in [1.165, 1.54) is 0 Å². The number of nitrogens with one attached hydrogen (secondary N) is 1. The fraction of sp³-hybridized carbons (Fsp3) is 0.235. The third kappa shape index (κ3) is 4.33. The molecule has 2 aromatic carbocycles. The summed E-state index contributed by atoms with van der Waals surface area (Å²) in [6, 6.07) is 15.7. The Kier molecular flexibility index (Phi) is 5.39. The lowest BCUT2D eigenvalue weighted by atomic mass is 10.1. The van der Waals surface area contributed by atoms with Crippen molar-refractivity contribution >= 4 is 27.6 Å². The Labute approximate surface area is 133 Å². The molecule has 0 saturated carbocycles. The maximum absolute atomic E-state index is 11.6. The van der Waals surface area contributed by atoms with Crippen LogP contribution in [-0.4, -0.2) is 12.6 Å². The van der Waals surface area contributed by atoms with Crippen LogP contribution in [0.15, 0.2) is 53.0 Å². The maximum atomic E-state index is 11.6. The molecule has 0 fully saturated rings. The van der Waals surface area contributed by atoms with Crippen LogP contribution in [0.5, 0.6) is 0 Å². The first-order valence-electron chi connectivity index (χ1n) is 6.89. The number of carbonyl (C=O) groups is 1. The highest BCUT2D eigenvalue weighted by Crippen LogP contribution is 2.22. The molecule has 21 heavy (non-hydrogen) atoms. The smallest absolute Gasteiger partial charge is 0.338 e. The predicted molar refractivity (Wildman–Crippen MR) is 88.6 cm³/mol. The molecule has 0 aliphatic carbocycles. The summed E-state index contributed by atoms with van der Waals surface area (Å²) in [7, 11) is 0. The minimum atomic E-state index is -0.281. The van der Waals surface area contributed by atoms with Crippen molar-refractivity contribution in [1.82, 2.24) is 0 Å². The highest BCUT2D eigenvalue weighted by molar-refractivity contribution is 9.10. The van der Waals surface area contributed by atoms with Crippen LogP contribution < -0.4 is 5.32 Å². The molecular formula is C17H18BrNO2. The highest BCUT2D eigenvalue weighted by atomic mass is 79.9. The van der Waals surface area contributed by atoms with Gasteiger partial charge in [-0.3, -0.25) is 0 Å². The summed E-state index contributed by atoms with van der Waals surface area (Å²) < 4.78 is 6.02. The number of rotatable bonds is 5. The molecule has 4 heteroatoms. The van der Waals surface area contributed by atoms with Crippen molar-refractivity contribution in [2.24, 2.45) is 0 Å². The van der Waals surface area contributed by atoms with Crippen molar-refractivity contribution < 1.29 is 9.53 Å². The number of anilines is 1. The van der Waals surface area contributed by atoms with Crippen molar-refractivity contribution in [3.8, 4) is 0 Å². The molecule has 0 unspecified atom stereocenters. The average Bonchev–Trinajstić information content (AvgIpc) is 2.47. The average molecular weight is 348 g/mol. The van der Waals surface area contributed by atoms with Crippen LogP contribution in [0.3, 0.4) is 0 Å². The number of carbonyl (C=O) groups excluding carboxylic acids is 1. The van der Waals surface area contributed by atoms with Gasteiger partial charge in [0.2, 0.25) is 0 Å². The molecule has 1 N–H and O–H groups in total. The number of hydrogen-bond donors (Lipinski definition) is 1. The first-order valence-corrected chi connectivity index (χ1v) is 7.68. The van der Waals surface area contributed by atoms with Crippen molar-refractivity contribution in [2.75, 3.05) is 11.9 Å². The first-order chi connectivity index (χ1) is 10.1. The van der Waals surface area contributed by atoms with E-state index in [1.54, 1.807) is 19.1 Å². The van der Waals surface area contributed by atoms with Gasteiger partial charge in [0.05, 0.1) is 12.2 Å². The van der Waals surface area contributed by atoms with Crippen molar-refractivity contribution in [2.45, 2.75) is 19.9 Å². The fourth-order valence-corrected chi connectivity index (χ4v) is 2.43. The summed E-state index contributed by atoms with van der Waals surface area (Å²) >= 11 is 3.46. The lowest BCUT2D eigenvalue weighted by Crippen LogP contribution is -2.08. The summed E-state index contributed by atoms with van der Waals surface area (Å²) in [6.07, 6.45) is 0. The molecule has 0 aliphatic heterocycles. The monoisotopic (exact) mass is 347 g/mol. The summed E-state index contributed by atoms with van der Waals surface area (Å²) in [4.78, 5) is 11.6. The van der Waals surface area contributed by atoms with Gasteiger partial charge in [-0.1, -0.05) is 34.1 Å². The van der Waals surface area contributed by atoms with Crippen LogP contribution in [0, 0.1) is 0 Å². The van der Waals surface area contributed by atoms with Crippen LogP contribution in [0.4, 0.5) is 5.69 Å². The molecule has 2 rings (SSSR count). The summed E-state index contributed by atoms with van der Waals surface area (Å²) in [5.41, 5.74) is 2.74. The van der Waals surface area contributed by atoms with Gasteiger partial charge in [-0.15, -0.1) is 0 Å². The normalized spacial score (nSPS) is 11.8. The standard InChI is InChI=1S/C17H18BrNO2/c1-3-21-17(20)14-9-7-13(8-10-14)12(2)19-16-6-4-5-15(18)11-16/h4-12,19H,3H2,1-2H3/t12-/m0/s1. The fourth-order valence-electron chi connectivity index (χ4n) is 2.03. The molecule has 0 radical (unpaired) electrons. The number of ether oxygens (including phenoxy) is 1. The van der Waals surface area contributed by atoms with Gasteiger partial charge in [0.1, 0.15) is 0 Å². The Bertz CT molecular complexity index is 610. The molecule has 0 heterocycles. The third-order valence-corrected chi connectivity index (χ3v) is 3.62. The van der Waals surface area contributed by atoms with Crippen molar-refractivity contribution in [3.63, 3.8) is 0 Å². The van der Waals surface area contributed by atoms with Gasteiger partial charge in [-0.05, 0) is 49.7 Å². The lowest BCUT2D eigenvalue weighted by Gasteiger charge is -2.16. The van der Waals surface area contributed by atoms with E-state index in [0.717, 1.165) is 15.7 Å². The van der Waals surface area contributed by atoms with Crippen LogP contribution in [-0.2, 0) is 4.74 Å². The quantitative estimate of drug-likeness (QED) is 0.789. The molecule has 0 bridgehead atoms. The van der Waals surface area contributed by atoms with Gasteiger partial charge in [-0.25, -0.2) is 4.79 Å². The minimum Gasteiger partial charge on any atom is -0.462 e. The molecule has 0 amide bonds. The van der Waals surface area contributed by atoms with Crippen LogP contribution in [0.2, 0.25) is 0 Å². The van der Waals surface area contributed by atoms with Crippen LogP contribution >= 0.6 is 15.9 Å². The number of hydrogen-bond acceptors (Lipinski definition) is 3. The first kappa shape index (κ1) is 15.6. The molecule has 1 atom stereocenters. The van der Waals surface area contributed by atoms with Crippen LogP contribution in [0.1, 0.15) is 35.8 Å².